The zero-order valence-electron chi connectivity index (χ0n) is 21.8. The van der Waals surface area contributed by atoms with Crippen LogP contribution in [0.1, 0.15) is 60.3 Å². The number of para-hydroxylation sites is 1. The lowest BCUT2D eigenvalue weighted by Crippen LogP contribution is -2.33. The van der Waals surface area contributed by atoms with Crippen molar-refractivity contribution >= 4 is 34.2 Å². The molecular weight excluding hydrogens is 488 g/mol. The maximum atomic E-state index is 14.2. The molecule has 0 bridgehead atoms. The maximum Gasteiger partial charge on any atom is 0.362 e. The Labute approximate surface area is 225 Å². The van der Waals surface area contributed by atoms with Gasteiger partial charge in [-0.1, -0.05) is 61.4 Å². The number of H-pyrrole nitrogens is 1. The third kappa shape index (κ3) is 4.58. The summed E-state index contributed by atoms with van der Waals surface area (Å²) in [6, 6.07) is 18.7. The second-order valence-electron chi connectivity index (χ2n) is 10.2. The van der Waals surface area contributed by atoms with Gasteiger partial charge in [-0.25, -0.2) is 5.10 Å². The van der Waals surface area contributed by atoms with Crippen molar-refractivity contribution in [1.29, 1.82) is 0 Å². The van der Waals surface area contributed by atoms with E-state index in [4.69, 9.17) is 5.73 Å². The minimum Gasteiger partial charge on any atom is -0.382 e. The van der Waals surface area contributed by atoms with E-state index in [0.29, 0.717) is 22.6 Å². The lowest BCUT2D eigenvalue weighted by molar-refractivity contribution is -0.577. The van der Waals surface area contributed by atoms with Gasteiger partial charge in [0.1, 0.15) is 12.4 Å². The smallest absolute Gasteiger partial charge is 0.362 e. The second-order valence-corrected chi connectivity index (χ2v) is 10.2. The minimum atomic E-state index is -0.509. The van der Waals surface area contributed by atoms with Crippen molar-refractivity contribution in [1.82, 2.24) is 20.0 Å². The summed E-state index contributed by atoms with van der Waals surface area (Å²) < 4.78 is 3.30. The van der Waals surface area contributed by atoms with Crippen molar-refractivity contribution in [2.75, 3.05) is 5.73 Å². The van der Waals surface area contributed by atoms with Crippen LogP contribution in [-0.2, 0) is 0 Å². The number of aromatic nitrogens is 4. The van der Waals surface area contributed by atoms with E-state index >= 15 is 0 Å². The van der Waals surface area contributed by atoms with E-state index in [0.717, 1.165) is 16.6 Å². The highest BCUT2D eigenvalue weighted by molar-refractivity contribution is 6.03. The van der Waals surface area contributed by atoms with Crippen LogP contribution in [0.3, 0.4) is 0 Å². The SMILES string of the molecule is CC(NC(=O)c1c(N)[nH][n+]2cccnc12)c1cc2cccc(C=CC3CCCC3)c2c(=O)n1-c1ccccc1. The molecule has 0 radical (unpaired) electrons. The third-order valence-electron chi connectivity index (χ3n) is 7.57. The first kappa shape index (κ1) is 24.6. The van der Waals surface area contributed by atoms with Crippen LogP contribution in [0.15, 0.2) is 83.9 Å². The van der Waals surface area contributed by atoms with E-state index < -0.39 is 6.04 Å². The zero-order valence-corrected chi connectivity index (χ0v) is 21.8. The number of amides is 1. The van der Waals surface area contributed by atoms with Gasteiger partial charge in [0.15, 0.2) is 11.4 Å². The highest BCUT2D eigenvalue weighted by atomic mass is 16.2. The van der Waals surface area contributed by atoms with Crippen LogP contribution in [0.2, 0.25) is 0 Å². The van der Waals surface area contributed by atoms with Gasteiger partial charge < -0.3 is 11.1 Å². The highest BCUT2D eigenvalue weighted by Crippen LogP contribution is 2.28. The van der Waals surface area contributed by atoms with Gasteiger partial charge in [0.05, 0.1) is 11.4 Å². The van der Waals surface area contributed by atoms with Crippen LogP contribution >= 0.6 is 0 Å². The van der Waals surface area contributed by atoms with Crippen molar-refractivity contribution in [3.8, 4) is 5.69 Å². The molecule has 0 saturated heterocycles. The Kier molecular flexibility index (Phi) is 6.44. The zero-order chi connectivity index (χ0) is 26.9. The average Bonchev–Trinajstić information content (AvgIpc) is 3.59. The third-order valence-corrected chi connectivity index (χ3v) is 7.57. The lowest BCUT2D eigenvalue weighted by atomic mass is 10.0. The van der Waals surface area contributed by atoms with Crippen LogP contribution in [0.25, 0.3) is 28.2 Å². The number of nitrogen functional groups attached to an aromatic ring is 1. The summed E-state index contributed by atoms with van der Waals surface area (Å²) in [6.45, 7) is 1.87. The number of aromatic amines is 1. The Morgan fingerprint density at radius 1 is 1.15 bits per heavy atom. The van der Waals surface area contributed by atoms with Crippen molar-refractivity contribution in [3.63, 3.8) is 0 Å². The van der Waals surface area contributed by atoms with Gasteiger partial charge in [-0.15, -0.1) is 4.52 Å². The lowest BCUT2D eigenvalue weighted by Gasteiger charge is -2.21. The number of nitrogens with two attached hydrogens (primary N) is 1. The molecule has 1 atom stereocenters. The molecule has 4 N–H and O–H groups in total. The molecule has 0 aliphatic heterocycles. The van der Waals surface area contributed by atoms with Gasteiger partial charge in [0, 0.05) is 17.4 Å². The molecule has 6 rings (SSSR count). The predicted molar refractivity (Wildman–Crippen MR) is 153 cm³/mol. The topological polar surface area (TPSA) is 110 Å². The first-order valence-corrected chi connectivity index (χ1v) is 13.4. The summed E-state index contributed by atoms with van der Waals surface area (Å²) in [4.78, 5) is 31.9. The van der Waals surface area contributed by atoms with Crippen LogP contribution in [0.4, 0.5) is 5.82 Å². The van der Waals surface area contributed by atoms with Crippen molar-refractivity contribution in [2.24, 2.45) is 5.92 Å². The van der Waals surface area contributed by atoms with Gasteiger partial charge in [0.25, 0.3) is 11.5 Å². The molecule has 8 heteroatoms. The summed E-state index contributed by atoms with van der Waals surface area (Å²) in [5, 5.41) is 7.48. The Hall–Kier alpha value is -4.72. The van der Waals surface area contributed by atoms with Crippen LogP contribution in [0.5, 0.6) is 0 Å². The molecule has 1 aliphatic rings. The number of hydrogen-bond acceptors (Lipinski definition) is 4. The molecule has 5 aromatic rings. The number of nitrogens with one attached hydrogen (secondary N) is 2. The molecule has 1 saturated carbocycles. The quantitative estimate of drug-likeness (QED) is 0.282. The highest BCUT2D eigenvalue weighted by Gasteiger charge is 2.27. The molecule has 196 valence electrons. The summed E-state index contributed by atoms with van der Waals surface area (Å²) in [5.74, 6) is 0.407. The van der Waals surface area contributed by atoms with E-state index in [9.17, 15) is 9.59 Å². The van der Waals surface area contributed by atoms with Gasteiger partial charge in [0.2, 0.25) is 0 Å². The van der Waals surface area contributed by atoms with Crippen molar-refractivity contribution in [3.05, 3.63) is 106 Å². The molecule has 0 spiro atoms. The van der Waals surface area contributed by atoms with Gasteiger partial charge >= 0.3 is 5.65 Å². The summed E-state index contributed by atoms with van der Waals surface area (Å²) >= 11 is 0. The first-order chi connectivity index (χ1) is 19.0. The predicted octanol–water partition coefficient (Wildman–Crippen LogP) is 4.73. The Balaban J connectivity index is 1.45. The Morgan fingerprint density at radius 3 is 2.74 bits per heavy atom. The fourth-order valence-corrected chi connectivity index (χ4v) is 5.62. The number of anilines is 1. The number of carbonyl (C=O) groups is 1. The summed E-state index contributed by atoms with van der Waals surface area (Å²) in [5.41, 5.74) is 9.02. The molecule has 8 nitrogen and oxygen atoms in total. The fraction of sp³-hybridized carbons (Fsp3) is 0.226. The maximum absolute atomic E-state index is 14.2. The van der Waals surface area contributed by atoms with Gasteiger partial charge in [-0.3, -0.25) is 14.2 Å². The number of carbonyl (C=O) groups excluding carboxylic acids is 1. The number of benzene rings is 2. The molecule has 1 unspecified atom stereocenters. The van der Waals surface area contributed by atoms with Crippen LogP contribution in [0, 0.1) is 5.92 Å². The summed E-state index contributed by atoms with van der Waals surface area (Å²) in [7, 11) is 0. The normalized spacial score (nSPS) is 14.9. The second kappa shape index (κ2) is 10.2. The first-order valence-electron chi connectivity index (χ1n) is 13.4. The standard InChI is InChI=1S/C31H30N6O2/c1-20(34-30(38)27-28(32)35-36-18-8-17-33-29(27)36)25-19-23-12-7-11-22(16-15-21-9-5-6-10-21)26(23)31(39)37(25)24-13-3-2-4-14-24/h2-4,7-8,11-21H,5-6,9-10H2,1H3,(H3,32,34,35,38)/p+1. The van der Waals surface area contributed by atoms with E-state index in [1.54, 1.807) is 27.5 Å². The average molecular weight is 520 g/mol. The minimum absolute atomic E-state index is 0.120. The number of fused-ring (bicyclic) bond motifs is 2. The van der Waals surface area contributed by atoms with E-state index in [1.807, 2.05) is 61.5 Å². The Morgan fingerprint density at radius 2 is 1.95 bits per heavy atom. The molecule has 3 heterocycles. The Bertz CT molecular complexity index is 1760. The number of pyridine rings is 1. The largest absolute Gasteiger partial charge is 0.382 e. The van der Waals surface area contributed by atoms with E-state index in [1.165, 1.54) is 25.7 Å². The van der Waals surface area contributed by atoms with Gasteiger partial charge in [-0.05, 0) is 59.8 Å². The van der Waals surface area contributed by atoms with E-state index in [-0.39, 0.29) is 22.8 Å². The van der Waals surface area contributed by atoms with Crippen molar-refractivity contribution in [2.45, 2.75) is 38.6 Å². The van der Waals surface area contributed by atoms with Crippen LogP contribution < -0.4 is 21.1 Å². The molecule has 2 aromatic carbocycles. The molecule has 1 aliphatic carbocycles. The molecular formula is C31H31N6O2+. The molecule has 39 heavy (non-hydrogen) atoms. The molecule has 1 amide bonds. The number of allylic oxidation sites excluding steroid dienone is 1. The van der Waals surface area contributed by atoms with Crippen LogP contribution in [-0.4, -0.2) is 20.6 Å². The monoisotopic (exact) mass is 519 g/mol. The number of hydrogen-bond donors (Lipinski definition) is 3. The fourth-order valence-electron chi connectivity index (χ4n) is 5.62. The van der Waals surface area contributed by atoms with Crippen molar-refractivity contribution < 1.29 is 9.31 Å². The van der Waals surface area contributed by atoms with E-state index in [2.05, 4.69) is 27.6 Å². The molecule has 1 fully saturated rings. The number of nitrogens with zero attached hydrogens (tertiary/aromatic N) is 3. The number of rotatable bonds is 6. The molecule has 3 aromatic heterocycles. The van der Waals surface area contributed by atoms with Gasteiger partial charge in [-0.2, -0.15) is 0 Å². The summed E-state index contributed by atoms with van der Waals surface area (Å²) in [6.07, 6.45) is 12.6.